The van der Waals surface area contributed by atoms with Gasteiger partial charge in [0.05, 0.1) is 11.1 Å². The fourth-order valence-corrected chi connectivity index (χ4v) is 2.45. The predicted molar refractivity (Wildman–Crippen MR) is 62.2 cm³/mol. The van der Waals surface area contributed by atoms with E-state index >= 15 is 0 Å². The SMILES string of the molecule is Cc1cc2c(c(N3CCCC3)n1)C(=O)NC2=O. The summed E-state index contributed by atoms with van der Waals surface area (Å²) in [6.07, 6.45) is 2.22. The van der Waals surface area contributed by atoms with Crippen LogP contribution in [0.3, 0.4) is 0 Å². The highest BCUT2D eigenvalue weighted by Gasteiger charge is 2.33. The molecule has 1 aromatic rings. The van der Waals surface area contributed by atoms with Crippen molar-refractivity contribution in [3.8, 4) is 0 Å². The van der Waals surface area contributed by atoms with Crippen molar-refractivity contribution in [1.29, 1.82) is 0 Å². The van der Waals surface area contributed by atoms with E-state index in [1.165, 1.54) is 0 Å². The second-order valence-corrected chi connectivity index (χ2v) is 4.49. The van der Waals surface area contributed by atoms with Crippen LogP contribution in [0.2, 0.25) is 0 Å². The van der Waals surface area contributed by atoms with E-state index in [0.29, 0.717) is 16.9 Å². The number of nitrogens with zero attached hydrogens (tertiary/aromatic N) is 2. The lowest BCUT2D eigenvalue weighted by Crippen LogP contribution is -2.24. The smallest absolute Gasteiger partial charge is 0.262 e. The monoisotopic (exact) mass is 231 g/mol. The van der Waals surface area contributed by atoms with Crippen molar-refractivity contribution in [3.63, 3.8) is 0 Å². The van der Waals surface area contributed by atoms with Gasteiger partial charge in [-0.2, -0.15) is 0 Å². The number of nitrogens with one attached hydrogen (secondary N) is 1. The Morgan fingerprint density at radius 3 is 2.65 bits per heavy atom. The Kier molecular flexibility index (Phi) is 2.14. The predicted octanol–water partition coefficient (Wildman–Crippen LogP) is 0.874. The molecule has 0 unspecified atom stereocenters. The van der Waals surface area contributed by atoms with E-state index in [9.17, 15) is 9.59 Å². The van der Waals surface area contributed by atoms with Crippen LogP contribution < -0.4 is 10.2 Å². The molecule has 1 saturated heterocycles. The first kappa shape index (κ1) is 10.3. The molecular weight excluding hydrogens is 218 g/mol. The molecule has 3 rings (SSSR count). The normalized spacial score (nSPS) is 18.5. The van der Waals surface area contributed by atoms with Gasteiger partial charge in [-0.15, -0.1) is 0 Å². The molecule has 0 spiro atoms. The van der Waals surface area contributed by atoms with Crippen LogP contribution >= 0.6 is 0 Å². The lowest BCUT2D eigenvalue weighted by Gasteiger charge is -2.18. The van der Waals surface area contributed by atoms with Crippen molar-refractivity contribution in [3.05, 3.63) is 22.9 Å². The fourth-order valence-electron chi connectivity index (χ4n) is 2.45. The molecule has 0 bridgehead atoms. The number of amides is 2. The van der Waals surface area contributed by atoms with E-state index < -0.39 is 0 Å². The molecule has 0 aromatic carbocycles. The van der Waals surface area contributed by atoms with Crippen molar-refractivity contribution < 1.29 is 9.59 Å². The van der Waals surface area contributed by atoms with Crippen molar-refractivity contribution in [2.24, 2.45) is 0 Å². The number of rotatable bonds is 1. The highest BCUT2D eigenvalue weighted by atomic mass is 16.2. The number of hydrogen-bond donors (Lipinski definition) is 1. The Balaban J connectivity index is 2.18. The summed E-state index contributed by atoms with van der Waals surface area (Å²) < 4.78 is 0. The molecule has 88 valence electrons. The fraction of sp³-hybridized carbons (Fsp3) is 0.417. The molecule has 1 N–H and O–H groups in total. The minimum atomic E-state index is -0.320. The molecular formula is C12H13N3O2. The molecule has 5 nitrogen and oxygen atoms in total. The summed E-state index contributed by atoms with van der Waals surface area (Å²) in [5, 5.41) is 2.33. The van der Waals surface area contributed by atoms with Crippen LogP contribution in [0.25, 0.3) is 0 Å². The minimum Gasteiger partial charge on any atom is -0.356 e. The first-order chi connectivity index (χ1) is 8.16. The summed E-state index contributed by atoms with van der Waals surface area (Å²) in [5.41, 5.74) is 1.68. The summed E-state index contributed by atoms with van der Waals surface area (Å²) in [5.74, 6) is 0.0381. The van der Waals surface area contributed by atoms with Crippen molar-refractivity contribution in [2.75, 3.05) is 18.0 Å². The first-order valence-electron chi connectivity index (χ1n) is 5.79. The molecule has 1 aromatic heterocycles. The molecule has 2 aliphatic heterocycles. The lowest BCUT2D eigenvalue weighted by molar-refractivity contribution is 0.0880. The Morgan fingerprint density at radius 1 is 1.24 bits per heavy atom. The zero-order valence-corrected chi connectivity index (χ0v) is 9.62. The molecule has 1 fully saturated rings. The van der Waals surface area contributed by atoms with Crippen molar-refractivity contribution in [1.82, 2.24) is 10.3 Å². The van der Waals surface area contributed by atoms with Crippen LogP contribution in [-0.4, -0.2) is 29.9 Å². The molecule has 5 heteroatoms. The Hall–Kier alpha value is -1.91. The van der Waals surface area contributed by atoms with Crippen molar-refractivity contribution >= 4 is 17.6 Å². The zero-order valence-electron chi connectivity index (χ0n) is 9.62. The number of pyridine rings is 1. The number of hydrogen-bond acceptors (Lipinski definition) is 4. The minimum absolute atomic E-state index is 0.309. The van der Waals surface area contributed by atoms with Crippen molar-refractivity contribution in [2.45, 2.75) is 19.8 Å². The molecule has 3 heterocycles. The van der Waals surface area contributed by atoms with Gasteiger partial charge in [0.1, 0.15) is 5.82 Å². The standard InChI is InChI=1S/C12H13N3O2/c1-7-6-8-9(12(17)14-11(8)16)10(13-7)15-4-2-3-5-15/h6H,2-5H2,1H3,(H,14,16,17). The summed E-state index contributed by atoms with van der Waals surface area (Å²) in [6, 6.07) is 1.68. The Labute approximate surface area is 98.8 Å². The van der Waals surface area contributed by atoms with Gasteiger partial charge >= 0.3 is 0 Å². The molecule has 0 radical (unpaired) electrons. The quantitative estimate of drug-likeness (QED) is 0.729. The number of imide groups is 1. The molecule has 0 atom stereocenters. The van der Waals surface area contributed by atoms with E-state index in [-0.39, 0.29) is 11.8 Å². The Morgan fingerprint density at radius 2 is 1.94 bits per heavy atom. The van der Waals surface area contributed by atoms with E-state index in [4.69, 9.17) is 0 Å². The first-order valence-corrected chi connectivity index (χ1v) is 5.79. The second kappa shape index (κ2) is 3.55. The van der Waals surface area contributed by atoms with Crippen LogP contribution in [0.5, 0.6) is 0 Å². The van der Waals surface area contributed by atoms with E-state index in [1.54, 1.807) is 6.07 Å². The Bertz CT molecular complexity index is 519. The highest BCUT2D eigenvalue weighted by molar-refractivity contribution is 6.23. The maximum atomic E-state index is 11.8. The molecule has 0 saturated carbocycles. The van der Waals surface area contributed by atoms with Gasteiger partial charge in [0.2, 0.25) is 0 Å². The van der Waals surface area contributed by atoms with Gasteiger partial charge in [-0.3, -0.25) is 14.9 Å². The maximum absolute atomic E-state index is 11.8. The lowest BCUT2D eigenvalue weighted by atomic mass is 10.1. The second-order valence-electron chi connectivity index (χ2n) is 4.49. The topological polar surface area (TPSA) is 62.3 Å². The third-order valence-electron chi connectivity index (χ3n) is 3.23. The van der Waals surface area contributed by atoms with Gasteiger partial charge in [-0.1, -0.05) is 0 Å². The van der Waals surface area contributed by atoms with Gasteiger partial charge in [0, 0.05) is 18.8 Å². The molecule has 17 heavy (non-hydrogen) atoms. The summed E-state index contributed by atoms with van der Waals surface area (Å²) >= 11 is 0. The van der Waals surface area contributed by atoms with Crippen LogP contribution in [0.1, 0.15) is 39.3 Å². The van der Waals surface area contributed by atoms with Crippen LogP contribution in [0.4, 0.5) is 5.82 Å². The maximum Gasteiger partial charge on any atom is 0.262 e. The summed E-state index contributed by atoms with van der Waals surface area (Å²) in [4.78, 5) is 29.9. The summed E-state index contributed by atoms with van der Waals surface area (Å²) in [7, 11) is 0. The number of fused-ring (bicyclic) bond motifs is 1. The van der Waals surface area contributed by atoms with E-state index in [1.807, 2.05) is 6.92 Å². The number of anilines is 1. The van der Waals surface area contributed by atoms with E-state index in [2.05, 4.69) is 15.2 Å². The third-order valence-corrected chi connectivity index (χ3v) is 3.23. The van der Waals surface area contributed by atoms with Gasteiger partial charge in [-0.25, -0.2) is 4.98 Å². The third kappa shape index (κ3) is 1.50. The molecule has 2 aliphatic rings. The van der Waals surface area contributed by atoms with Gasteiger partial charge < -0.3 is 4.90 Å². The summed E-state index contributed by atoms with van der Waals surface area (Å²) in [6.45, 7) is 3.66. The number of carbonyl (C=O) groups excluding carboxylic acids is 2. The number of aromatic nitrogens is 1. The molecule has 0 aliphatic carbocycles. The largest absolute Gasteiger partial charge is 0.356 e. The number of carbonyl (C=O) groups is 2. The average molecular weight is 231 g/mol. The van der Waals surface area contributed by atoms with Crippen LogP contribution in [-0.2, 0) is 0 Å². The van der Waals surface area contributed by atoms with E-state index in [0.717, 1.165) is 31.6 Å². The zero-order chi connectivity index (χ0) is 12.0. The highest BCUT2D eigenvalue weighted by Crippen LogP contribution is 2.28. The average Bonchev–Trinajstić information content (AvgIpc) is 2.88. The van der Waals surface area contributed by atoms with Crippen LogP contribution in [0.15, 0.2) is 6.07 Å². The molecule has 2 amide bonds. The van der Waals surface area contributed by atoms with Crippen LogP contribution in [0, 0.1) is 6.92 Å². The number of aryl methyl sites for hydroxylation is 1. The van der Waals surface area contributed by atoms with Gasteiger partial charge in [0.25, 0.3) is 11.8 Å². The van der Waals surface area contributed by atoms with Gasteiger partial charge in [-0.05, 0) is 25.8 Å². The van der Waals surface area contributed by atoms with Gasteiger partial charge in [0.15, 0.2) is 0 Å².